The molecule has 1 aliphatic heterocycles. The number of aromatic nitrogens is 1. The third-order valence-electron chi connectivity index (χ3n) is 4.71. The number of morpholine rings is 1. The highest BCUT2D eigenvalue weighted by Crippen LogP contribution is 2.26. The number of halogens is 1. The van der Waals surface area contributed by atoms with Gasteiger partial charge >= 0.3 is 0 Å². The number of benzene rings is 2. The number of anilines is 2. The summed E-state index contributed by atoms with van der Waals surface area (Å²) in [6.07, 6.45) is 0. The van der Waals surface area contributed by atoms with Crippen LogP contribution in [0.3, 0.4) is 0 Å². The van der Waals surface area contributed by atoms with E-state index in [4.69, 9.17) is 21.3 Å². The lowest BCUT2D eigenvalue weighted by atomic mass is 10.1. The number of ether oxygens (including phenoxy) is 1. The van der Waals surface area contributed by atoms with Gasteiger partial charge in [-0.2, -0.15) is 0 Å². The zero-order valence-corrected chi connectivity index (χ0v) is 15.8. The molecule has 2 heterocycles. The highest BCUT2D eigenvalue weighted by molar-refractivity contribution is 6.34. The molecule has 2 aromatic carbocycles. The van der Waals surface area contributed by atoms with Gasteiger partial charge in [0.2, 0.25) is 0 Å². The van der Waals surface area contributed by atoms with Crippen molar-refractivity contribution in [2.75, 3.05) is 36.5 Å². The van der Waals surface area contributed by atoms with Crippen molar-refractivity contribution in [3.63, 3.8) is 0 Å². The van der Waals surface area contributed by atoms with E-state index >= 15 is 0 Å². The third kappa shape index (κ3) is 3.75. The number of carbonyl (C=O) groups excluding carboxylic acids is 1. The molecule has 0 spiro atoms. The fourth-order valence-electron chi connectivity index (χ4n) is 3.25. The summed E-state index contributed by atoms with van der Waals surface area (Å²) < 4.78 is 5.42. The molecule has 0 saturated carbocycles. The molecule has 0 unspecified atom stereocenters. The largest absolute Gasteiger partial charge is 0.378 e. The molecule has 27 heavy (non-hydrogen) atoms. The van der Waals surface area contributed by atoms with Crippen molar-refractivity contribution in [1.82, 2.24) is 4.98 Å². The molecule has 1 aromatic heterocycles. The fourth-order valence-corrected chi connectivity index (χ4v) is 3.47. The highest BCUT2D eigenvalue weighted by Gasteiger charge is 2.15. The van der Waals surface area contributed by atoms with Gasteiger partial charge in [-0.25, -0.2) is 4.98 Å². The molecule has 1 N–H and O–H groups in total. The Bertz CT molecular complexity index is 1000. The van der Waals surface area contributed by atoms with Crippen molar-refractivity contribution in [3.05, 3.63) is 64.7 Å². The van der Waals surface area contributed by atoms with E-state index in [0.29, 0.717) is 10.6 Å². The zero-order valence-electron chi connectivity index (χ0n) is 15.0. The predicted octanol–water partition coefficient (Wildman–Crippen LogP) is 4.29. The Balaban J connectivity index is 1.61. The Morgan fingerprint density at radius 3 is 2.70 bits per heavy atom. The second-order valence-corrected chi connectivity index (χ2v) is 6.97. The molecule has 0 radical (unpaired) electrons. The summed E-state index contributed by atoms with van der Waals surface area (Å²) in [6, 6.07) is 14.9. The Labute approximate surface area is 162 Å². The first-order valence-electron chi connectivity index (χ1n) is 8.92. The molecule has 0 bridgehead atoms. The summed E-state index contributed by atoms with van der Waals surface area (Å²) in [7, 11) is 0. The molecule has 1 amide bonds. The second kappa shape index (κ2) is 7.55. The molecular weight excluding hydrogens is 362 g/mol. The number of hydrogen-bond donors (Lipinski definition) is 1. The van der Waals surface area contributed by atoms with Crippen LogP contribution in [0, 0.1) is 6.92 Å². The Kier molecular flexibility index (Phi) is 4.97. The van der Waals surface area contributed by atoms with E-state index in [9.17, 15) is 4.79 Å². The van der Waals surface area contributed by atoms with Crippen molar-refractivity contribution in [3.8, 4) is 0 Å². The van der Waals surface area contributed by atoms with Crippen LogP contribution in [-0.2, 0) is 4.74 Å². The van der Waals surface area contributed by atoms with E-state index in [1.807, 2.05) is 18.2 Å². The number of nitrogens with one attached hydrogen (secondary N) is 1. The van der Waals surface area contributed by atoms with E-state index in [1.54, 1.807) is 24.3 Å². The van der Waals surface area contributed by atoms with Gasteiger partial charge in [0.25, 0.3) is 5.91 Å². The molecule has 1 fully saturated rings. The van der Waals surface area contributed by atoms with Crippen LogP contribution in [0.4, 0.5) is 11.5 Å². The van der Waals surface area contributed by atoms with E-state index in [1.165, 1.54) is 0 Å². The van der Waals surface area contributed by atoms with Gasteiger partial charge in [0.05, 0.1) is 29.3 Å². The SMILES string of the molecule is Cc1cc(N2CCOCC2)nc2ccc(NC(=O)c3ccccc3Cl)cc12. The van der Waals surface area contributed by atoms with Gasteiger partial charge in [-0.05, 0) is 48.9 Å². The minimum absolute atomic E-state index is 0.226. The minimum Gasteiger partial charge on any atom is -0.378 e. The van der Waals surface area contributed by atoms with Gasteiger partial charge in [-0.3, -0.25) is 4.79 Å². The zero-order chi connectivity index (χ0) is 18.8. The fraction of sp³-hybridized carbons (Fsp3) is 0.238. The lowest BCUT2D eigenvalue weighted by Crippen LogP contribution is -2.36. The predicted molar refractivity (Wildman–Crippen MR) is 109 cm³/mol. The van der Waals surface area contributed by atoms with Crippen LogP contribution in [0.5, 0.6) is 0 Å². The highest BCUT2D eigenvalue weighted by atomic mass is 35.5. The molecule has 0 aliphatic carbocycles. The molecule has 138 valence electrons. The van der Waals surface area contributed by atoms with Crippen molar-refractivity contribution in [2.24, 2.45) is 0 Å². The maximum absolute atomic E-state index is 12.5. The molecular formula is C21H20ClN3O2. The van der Waals surface area contributed by atoms with Crippen molar-refractivity contribution in [1.29, 1.82) is 0 Å². The van der Waals surface area contributed by atoms with Crippen molar-refractivity contribution < 1.29 is 9.53 Å². The summed E-state index contributed by atoms with van der Waals surface area (Å²) in [5.74, 6) is 0.742. The normalized spacial score (nSPS) is 14.4. The number of fused-ring (bicyclic) bond motifs is 1. The van der Waals surface area contributed by atoms with Crippen LogP contribution in [0.15, 0.2) is 48.5 Å². The lowest BCUT2D eigenvalue weighted by molar-refractivity contribution is 0.102. The van der Waals surface area contributed by atoms with E-state index < -0.39 is 0 Å². The number of aryl methyl sites for hydroxylation is 1. The summed E-state index contributed by atoms with van der Waals surface area (Å²) in [6.45, 7) is 5.22. The average Bonchev–Trinajstić information content (AvgIpc) is 2.69. The van der Waals surface area contributed by atoms with E-state index in [-0.39, 0.29) is 5.91 Å². The van der Waals surface area contributed by atoms with E-state index in [0.717, 1.165) is 54.3 Å². The van der Waals surface area contributed by atoms with Crippen LogP contribution >= 0.6 is 11.6 Å². The maximum Gasteiger partial charge on any atom is 0.257 e. The first-order chi connectivity index (χ1) is 13.1. The third-order valence-corrected chi connectivity index (χ3v) is 5.04. The molecule has 1 aliphatic rings. The Morgan fingerprint density at radius 1 is 1.15 bits per heavy atom. The molecule has 0 atom stereocenters. The van der Waals surface area contributed by atoms with Gasteiger partial charge in [-0.1, -0.05) is 23.7 Å². The number of amides is 1. The Hall–Kier alpha value is -2.63. The number of nitrogens with zero attached hydrogens (tertiary/aromatic N) is 2. The topological polar surface area (TPSA) is 54.5 Å². The number of pyridine rings is 1. The molecule has 4 rings (SSSR count). The minimum atomic E-state index is -0.226. The summed E-state index contributed by atoms with van der Waals surface area (Å²) >= 11 is 6.11. The smallest absolute Gasteiger partial charge is 0.257 e. The van der Waals surface area contributed by atoms with Gasteiger partial charge in [0, 0.05) is 24.2 Å². The summed E-state index contributed by atoms with van der Waals surface area (Å²) in [5, 5.41) is 4.37. The van der Waals surface area contributed by atoms with Crippen molar-refractivity contribution >= 4 is 39.9 Å². The monoisotopic (exact) mass is 381 g/mol. The lowest BCUT2D eigenvalue weighted by Gasteiger charge is -2.28. The van der Waals surface area contributed by atoms with Gasteiger partial charge in [0.15, 0.2) is 0 Å². The molecule has 3 aromatic rings. The number of hydrogen-bond acceptors (Lipinski definition) is 4. The molecule has 1 saturated heterocycles. The number of carbonyl (C=O) groups is 1. The van der Waals surface area contributed by atoms with Crippen LogP contribution < -0.4 is 10.2 Å². The second-order valence-electron chi connectivity index (χ2n) is 6.56. The quantitative estimate of drug-likeness (QED) is 0.735. The maximum atomic E-state index is 12.5. The van der Waals surface area contributed by atoms with Gasteiger partial charge in [0.1, 0.15) is 5.82 Å². The van der Waals surface area contributed by atoms with Crippen LogP contribution in [0.2, 0.25) is 5.02 Å². The summed E-state index contributed by atoms with van der Waals surface area (Å²) in [4.78, 5) is 19.5. The van der Waals surface area contributed by atoms with Crippen molar-refractivity contribution in [2.45, 2.75) is 6.92 Å². The van der Waals surface area contributed by atoms with Gasteiger partial charge in [-0.15, -0.1) is 0 Å². The summed E-state index contributed by atoms with van der Waals surface area (Å²) in [5.41, 5.74) is 3.20. The molecule has 5 nitrogen and oxygen atoms in total. The van der Waals surface area contributed by atoms with Crippen LogP contribution in [-0.4, -0.2) is 37.2 Å². The number of rotatable bonds is 3. The first kappa shape index (κ1) is 17.8. The molecule has 6 heteroatoms. The Morgan fingerprint density at radius 2 is 1.93 bits per heavy atom. The van der Waals surface area contributed by atoms with Crippen LogP contribution in [0.1, 0.15) is 15.9 Å². The van der Waals surface area contributed by atoms with Gasteiger partial charge < -0.3 is 15.0 Å². The average molecular weight is 382 g/mol. The van der Waals surface area contributed by atoms with E-state index in [2.05, 4.69) is 23.2 Å². The standard InChI is InChI=1S/C21H20ClN3O2/c1-14-12-20(25-8-10-27-11-9-25)24-19-7-6-15(13-17(14)19)23-21(26)16-4-2-3-5-18(16)22/h2-7,12-13H,8-11H2,1H3,(H,23,26). The van der Waals surface area contributed by atoms with Crippen LogP contribution in [0.25, 0.3) is 10.9 Å². The first-order valence-corrected chi connectivity index (χ1v) is 9.29.